The second kappa shape index (κ2) is 6.35. The van der Waals surface area contributed by atoms with Crippen molar-refractivity contribution in [1.29, 1.82) is 0 Å². The van der Waals surface area contributed by atoms with Crippen molar-refractivity contribution in [3.05, 3.63) is 71.8 Å². The fourth-order valence-corrected chi connectivity index (χ4v) is 2.16. The molecule has 116 valence electrons. The lowest BCUT2D eigenvalue weighted by molar-refractivity contribution is 0.0940. The summed E-state index contributed by atoms with van der Waals surface area (Å²) in [4.78, 5) is 12.3. The molecular formula is C16H14FN5O. The Kier molecular flexibility index (Phi) is 4.09. The summed E-state index contributed by atoms with van der Waals surface area (Å²) >= 11 is 0. The minimum absolute atomic E-state index is 0.204. The molecule has 1 aromatic heterocycles. The quantitative estimate of drug-likeness (QED) is 0.802. The number of rotatable bonds is 4. The molecule has 0 spiro atoms. The van der Waals surface area contributed by atoms with E-state index in [-0.39, 0.29) is 17.8 Å². The highest BCUT2D eigenvalue weighted by Crippen LogP contribution is 2.14. The summed E-state index contributed by atoms with van der Waals surface area (Å²) in [6.45, 7) is 1.85. The van der Waals surface area contributed by atoms with E-state index >= 15 is 0 Å². The van der Waals surface area contributed by atoms with Crippen LogP contribution < -0.4 is 5.32 Å². The predicted molar refractivity (Wildman–Crippen MR) is 81.4 cm³/mol. The third-order valence-corrected chi connectivity index (χ3v) is 3.46. The third-order valence-electron chi connectivity index (χ3n) is 3.46. The lowest BCUT2D eigenvalue weighted by Crippen LogP contribution is -2.26. The molecule has 0 aliphatic carbocycles. The van der Waals surface area contributed by atoms with Gasteiger partial charge in [0.05, 0.1) is 11.7 Å². The fraction of sp³-hybridized carbons (Fsp3) is 0.125. The molecule has 0 saturated heterocycles. The van der Waals surface area contributed by atoms with Crippen LogP contribution in [0.25, 0.3) is 5.69 Å². The highest BCUT2D eigenvalue weighted by Gasteiger charge is 2.11. The molecule has 3 aromatic rings. The van der Waals surface area contributed by atoms with E-state index in [0.29, 0.717) is 5.56 Å². The smallest absolute Gasteiger partial charge is 0.251 e. The molecule has 1 atom stereocenters. The molecule has 7 heteroatoms. The van der Waals surface area contributed by atoms with Crippen molar-refractivity contribution in [2.24, 2.45) is 0 Å². The van der Waals surface area contributed by atoms with Crippen LogP contribution in [0.2, 0.25) is 0 Å². The van der Waals surface area contributed by atoms with E-state index in [1.165, 1.54) is 23.1 Å². The van der Waals surface area contributed by atoms with Crippen molar-refractivity contribution in [1.82, 2.24) is 25.5 Å². The second-order valence-corrected chi connectivity index (χ2v) is 5.05. The van der Waals surface area contributed by atoms with Crippen molar-refractivity contribution in [2.75, 3.05) is 0 Å². The molecule has 0 fully saturated rings. The van der Waals surface area contributed by atoms with Gasteiger partial charge in [-0.3, -0.25) is 4.79 Å². The van der Waals surface area contributed by atoms with Gasteiger partial charge in [-0.15, -0.1) is 5.10 Å². The van der Waals surface area contributed by atoms with Gasteiger partial charge in [-0.1, -0.05) is 12.1 Å². The molecule has 0 aliphatic heterocycles. The average Bonchev–Trinajstić information content (AvgIpc) is 3.10. The number of hydrogen-bond donors (Lipinski definition) is 1. The first kappa shape index (κ1) is 14.8. The zero-order valence-corrected chi connectivity index (χ0v) is 12.3. The van der Waals surface area contributed by atoms with Gasteiger partial charge < -0.3 is 5.32 Å². The number of aromatic nitrogens is 4. The zero-order valence-electron chi connectivity index (χ0n) is 12.3. The van der Waals surface area contributed by atoms with Gasteiger partial charge >= 0.3 is 0 Å². The molecule has 23 heavy (non-hydrogen) atoms. The molecule has 1 heterocycles. The van der Waals surface area contributed by atoms with Crippen molar-refractivity contribution >= 4 is 5.91 Å². The Hall–Kier alpha value is -3.09. The Morgan fingerprint density at radius 3 is 2.43 bits per heavy atom. The number of halogens is 1. The second-order valence-electron chi connectivity index (χ2n) is 5.05. The first-order valence-electron chi connectivity index (χ1n) is 7.03. The predicted octanol–water partition coefficient (Wildman–Crippen LogP) is 2.29. The summed E-state index contributed by atoms with van der Waals surface area (Å²) in [6.07, 6.45) is 1.48. The molecule has 3 rings (SSSR count). The fourth-order valence-electron chi connectivity index (χ4n) is 2.16. The Bertz CT molecular complexity index is 784. The SMILES string of the molecule is C[C@H](NC(=O)c1ccc(-n2cnnn2)cc1)c1ccc(F)cc1. The molecule has 0 saturated carbocycles. The molecule has 0 bridgehead atoms. The van der Waals surface area contributed by atoms with Gasteiger partial charge in [0.1, 0.15) is 12.1 Å². The number of hydrogen-bond acceptors (Lipinski definition) is 4. The number of tetrazole rings is 1. The maximum atomic E-state index is 12.9. The Labute approximate surface area is 132 Å². The number of benzene rings is 2. The van der Waals surface area contributed by atoms with E-state index in [1.807, 2.05) is 6.92 Å². The Balaban J connectivity index is 1.69. The van der Waals surface area contributed by atoms with E-state index in [1.54, 1.807) is 36.4 Å². The summed E-state index contributed by atoms with van der Waals surface area (Å²) in [6, 6.07) is 12.7. The number of carbonyl (C=O) groups is 1. The van der Waals surface area contributed by atoms with Gasteiger partial charge in [0.15, 0.2) is 0 Å². The molecule has 0 unspecified atom stereocenters. The van der Waals surface area contributed by atoms with Gasteiger partial charge in [0, 0.05) is 5.56 Å². The van der Waals surface area contributed by atoms with Crippen LogP contribution in [0.15, 0.2) is 54.9 Å². The molecule has 1 N–H and O–H groups in total. The summed E-state index contributed by atoms with van der Waals surface area (Å²) in [5.74, 6) is -0.504. The standard InChI is InChI=1S/C16H14FN5O/c1-11(12-2-6-14(17)7-3-12)19-16(23)13-4-8-15(9-5-13)22-10-18-20-21-22/h2-11H,1H3,(H,19,23)/t11-/m0/s1. The van der Waals surface area contributed by atoms with E-state index in [9.17, 15) is 9.18 Å². The molecule has 6 nitrogen and oxygen atoms in total. The maximum absolute atomic E-state index is 12.9. The van der Waals surface area contributed by atoms with E-state index in [2.05, 4.69) is 20.8 Å². The monoisotopic (exact) mass is 311 g/mol. The normalized spacial score (nSPS) is 11.9. The largest absolute Gasteiger partial charge is 0.346 e. The van der Waals surface area contributed by atoms with E-state index in [4.69, 9.17) is 0 Å². The molecular weight excluding hydrogens is 297 g/mol. The zero-order chi connectivity index (χ0) is 16.2. The average molecular weight is 311 g/mol. The molecule has 0 radical (unpaired) electrons. The van der Waals surface area contributed by atoms with Crippen LogP contribution >= 0.6 is 0 Å². The van der Waals surface area contributed by atoms with Crippen LogP contribution in [0, 0.1) is 5.82 Å². The van der Waals surface area contributed by atoms with Crippen LogP contribution in [-0.2, 0) is 0 Å². The van der Waals surface area contributed by atoms with Crippen LogP contribution in [-0.4, -0.2) is 26.1 Å². The number of nitrogens with zero attached hydrogens (tertiary/aromatic N) is 4. The Morgan fingerprint density at radius 2 is 1.83 bits per heavy atom. The van der Waals surface area contributed by atoms with Crippen LogP contribution in [0.1, 0.15) is 28.9 Å². The molecule has 1 amide bonds. The van der Waals surface area contributed by atoms with Gasteiger partial charge in [0.2, 0.25) is 0 Å². The molecule has 2 aromatic carbocycles. The van der Waals surface area contributed by atoms with Crippen molar-refractivity contribution in [3.8, 4) is 5.69 Å². The van der Waals surface area contributed by atoms with Crippen molar-refractivity contribution < 1.29 is 9.18 Å². The topological polar surface area (TPSA) is 72.7 Å². The summed E-state index contributed by atoms with van der Waals surface area (Å²) in [5, 5.41) is 13.8. The Morgan fingerprint density at radius 1 is 1.13 bits per heavy atom. The lowest BCUT2D eigenvalue weighted by Gasteiger charge is -2.14. The highest BCUT2D eigenvalue weighted by molar-refractivity contribution is 5.94. The van der Waals surface area contributed by atoms with E-state index in [0.717, 1.165) is 11.3 Å². The highest BCUT2D eigenvalue weighted by atomic mass is 19.1. The number of carbonyl (C=O) groups excluding carboxylic acids is 1. The third kappa shape index (κ3) is 3.39. The van der Waals surface area contributed by atoms with Crippen molar-refractivity contribution in [2.45, 2.75) is 13.0 Å². The summed E-state index contributed by atoms with van der Waals surface area (Å²) < 4.78 is 14.4. The number of nitrogens with one attached hydrogen (secondary N) is 1. The number of amides is 1. The van der Waals surface area contributed by atoms with Gasteiger partial charge in [-0.05, 0) is 59.3 Å². The first-order valence-corrected chi connectivity index (χ1v) is 7.03. The van der Waals surface area contributed by atoms with Crippen LogP contribution in [0.5, 0.6) is 0 Å². The minimum Gasteiger partial charge on any atom is -0.346 e. The van der Waals surface area contributed by atoms with Crippen molar-refractivity contribution in [3.63, 3.8) is 0 Å². The maximum Gasteiger partial charge on any atom is 0.251 e. The lowest BCUT2D eigenvalue weighted by atomic mass is 10.1. The van der Waals surface area contributed by atoms with Gasteiger partial charge in [-0.25, -0.2) is 9.07 Å². The minimum atomic E-state index is -0.300. The molecule has 0 aliphatic rings. The van der Waals surface area contributed by atoms with E-state index < -0.39 is 0 Å². The first-order chi connectivity index (χ1) is 11.1. The summed E-state index contributed by atoms with van der Waals surface area (Å²) in [5.41, 5.74) is 2.12. The van der Waals surface area contributed by atoms with Gasteiger partial charge in [-0.2, -0.15) is 0 Å². The van der Waals surface area contributed by atoms with Crippen LogP contribution in [0.4, 0.5) is 4.39 Å². The summed E-state index contributed by atoms with van der Waals surface area (Å²) in [7, 11) is 0. The van der Waals surface area contributed by atoms with Crippen LogP contribution in [0.3, 0.4) is 0 Å². The van der Waals surface area contributed by atoms with Gasteiger partial charge in [0.25, 0.3) is 5.91 Å².